The van der Waals surface area contributed by atoms with Crippen molar-refractivity contribution in [3.8, 4) is 0 Å². The van der Waals surface area contributed by atoms with E-state index >= 15 is 0 Å². The molecule has 0 aliphatic rings. The molecule has 0 bridgehead atoms. The molecule has 0 aliphatic heterocycles. The van der Waals surface area contributed by atoms with Gasteiger partial charge in [-0.2, -0.15) is 18.3 Å². The van der Waals surface area contributed by atoms with Crippen LogP contribution in [0.2, 0.25) is 5.02 Å². The van der Waals surface area contributed by atoms with E-state index in [2.05, 4.69) is 31.7 Å². The summed E-state index contributed by atoms with van der Waals surface area (Å²) in [5, 5.41) is 9.68. The highest BCUT2D eigenvalue weighted by molar-refractivity contribution is 9.10. The molecule has 0 aliphatic carbocycles. The average molecular weight is 474 g/mol. The Morgan fingerprint density at radius 2 is 1.89 bits per heavy atom. The third-order valence-electron chi connectivity index (χ3n) is 3.69. The van der Waals surface area contributed by atoms with Crippen LogP contribution < -0.4 is 10.6 Å². The van der Waals surface area contributed by atoms with Gasteiger partial charge in [-0.3, -0.25) is 10.00 Å². The van der Waals surface area contributed by atoms with Crippen molar-refractivity contribution in [2.45, 2.75) is 12.7 Å². The maximum atomic E-state index is 12.8. The number of anilines is 2. The SMILES string of the molecule is O=C(Nc1cccc(C(F)(F)F)c1)Nc1nn(Cc2ccccc2Cl)cc1Br. The molecule has 2 aromatic carbocycles. The van der Waals surface area contributed by atoms with Crippen molar-refractivity contribution in [3.63, 3.8) is 0 Å². The first kappa shape index (κ1) is 20.2. The van der Waals surface area contributed by atoms with Crippen molar-refractivity contribution in [1.29, 1.82) is 0 Å². The lowest BCUT2D eigenvalue weighted by molar-refractivity contribution is -0.137. The second-order valence-electron chi connectivity index (χ2n) is 5.77. The summed E-state index contributed by atoms with van der Waals surface area (Å²) in [6.07, 6.45) is -2.84. The first-order valence-corrected chi connectivity index (χ1v) is 9.11. The van der Waals surface area contributed by atoms with E-state index in [1.807, 2.05) is 18.2 Å². The number of carbonyl (C=O) groups excluding carboxylic acids is 1. The summed E-state index contributed by atoms with van der Waals surface area (Å²) >= 11 is 9.42. The summed E-state index contributed by atoms with van der Waals surface area (Å²) in [5.41, 5.74) is 0.00794. The maximum absolute atomic E-state index is 12.8. The van der Waals surface area contributed by atoms with Crippen LogP contribution in [0.3, 0.4) is 0 Å². The normalized spacial score (nSPS) is 11.3. The molecule has 10 heteroatoms. The van der Waals surface area contributed by atoms with Crippen LogP contribution in [0.1, 0.15) is 11.1 Å². The number of nitrogens with one attached hydrogen (secondary N) is 2. The van der Waals surface area contributed by atoms with Crippen molar-refractivity contribution < 1.29 is 18.0 Å². The zero-order chi connectivity index (χ0) is 20.3. The molecule has 0 saturated heterocycles. The highest BCUT2D eigenvalue weighted by Crippen LogP contribution is 2.30. The number of alkyl halides is 3. The Morgan fingerprint density at radius 1 is 1.14 bits per heavy atom. The monoisotopic (exact) mass is 472 g/mol. The van der Waals surface area contributed by atoms with Crippen molar-refractivity contribution in [1.82, 2.24) is 9.78 Å². The van der Waals surface area contributed by atoms with Gasteiger partial charge < -0.3 is 5.32 Å². The molecular weight excluding hydrogens is 461 g/mol. The Balaban J connectivity index is 1.68. The zero-order valence-electron chi connectivity index (χ0n) is 14.1. The Morgan fingerprint density at radius 3 is 2.61 bits per heavy atom. The smallest absolute Gasteiger partial charge is 0.308 e. The summed E-state index contributed by atoms with van der Waals surface area (Å²) in [6, 6.07) is 10.9. The van der Waals surface area contributed by atoms with Gasteiger partial charge in [0.2, 0.25) is 0 Å². The fourth-order valence-corrected chi connectivity index (χ4v) is 3.02. The highest BCUT2D eigenvalue weighted by atomic mass is 79.9. The van der Waals surface area contributed by atoms with Crippen molar-refractivity contribution in [2.24, 2.45) is 0 Å². The minimum atomic E-state index is -4.49. The minimum absolute atomic E-state index is 0.0129. The van der Waals surface area contributed by atoms with Crippen molar-refractivity contribution in [3.05, 3.63) is 75.4 Å². The van der Waals surface area contributed by atoms with Crippen LogP contribution in [0.25, 0.3) is 0 Å². The summed E-state index contributed by atoms with van der Waals surface area (Å²) in [5.74, 6) is 0.219. The summed E-state index contributed by atoms with van der Waals surface area (Å²) < 4.78 is 40.4. The van der Waals surface area contributed by atoms with Gasteiger partial charge in [-0.15, -0.1) is 0 Å². The predicted octanol–water partition coefficient (Wildman–Crippen LogP) is 6.01. The van der Waals surface area contributed by atoms with Gasteiger partial charge in [0.15, 0.2) is 5.82 Å². The largest absolute Gasteiger partial charge is 0.416 e. The molecular formula is C18H13BrClF3N4O. The van der Waals surface area contributed by atoms with Gasteiger partial charge in [-0.1, -0.05) is 35.9 Å². The Hall–Kier alpha value is -2.52. The molecule has 0 spiro atoms. The van der Waals surface area contributed by atoms with Crippen LogP contribution in [0, 0.1) is 0 Å². The van der Waals surface area contributed by atoms with Crippen LogP contribution >= 0.6 is 27.5 Å². The van der Waals surface area contributed by atoms with Gasteiger partial charge in [-0.25, -0.2) is 4.79 Å². The number of rotatable bonds is 4. The minimum Gasteiger partial charge on any atom is -0.308 e. The van der Waals surface area contributed by atoms with E-state index in [4.69, 9.17) is 11.6 Å². The standard InChI is InChI=1S/C18H13BrClF3N4O/c19-14-10-27(9-11-4-1-2-7-15(11)20)26-16(14)25-17(28)24-13-6-3-5-12(8-13)18(21,22)23/h1-8,10H,9H2,(H2,24,25,26,28). The summed E-state index contributed by atoms with van der Waals surface area (Å²) in [4.78, 5) is 12.1. The molecule has 0 saturated carbocycles. The molecule has 5 nitrogen and oxygen atoms in total. The Bertz CT molecular complexity index is 1010. The summed E-state index contributed by atoms with van der Waals surface area (Å²) in [7, 11) is 0. The van der Waals surface area contributed by atoms with Gasteiger partial charge in [-0.05, 0) is 45.8 Å². The molecule has 28 heavy (non-hydrogen) atoms. The van der Waals surface area contributed by atoms with E-state index in [0.29, 0.717) is 16.0 Å². The van der Waals surface area contributed by atoms with Crippen LogP contribution in [0.15, 0.2) is 59.2 Å². The topological polar surface area (TPSA) is 59.0 Å². The molecule has 2 N–H and O–H groups in total. The fraction of sp³-hybridized carbons (Fsp3) is 0.111. The number of aromatic nitrogens is 2. The molecule has 2 amide bonds. The molecule has 1 aromatic heterocycles. The molecule has 1 heterocycles. The molecule has 3 rings (SSSR count). The van der Waals surface area contributed by atoms with Crippen LogP contribution in [-0.4, -0.2) is 15.8 Å². The van der Waals surface area contributed by atoms with Gasteiger partial charge in [0, 0.05) is 16.9 Å². The molecule has 146 valence electrons. The lowest BCUT2D eigenvalue weighted by Crippen LogP contribution is -2.20. The van der Waals surface area contributed by atoms with E-state index in [1.165, 1.54) is 12.1 Å². The quantitative estimate of drug-likeness (QED) is 0.487. The van der Waals surface area contributed by atoms with E-state index < -0.39 is 17.8 Å². The third-order valence-corrected chi connectivity index (χ3v) is 4.64. The van der Waals surface area contributed by atoms with E-state index in [1.54, 1.807) is 16.9 Å². The van der Waals surface area contributed by atoms with E-state index in [-0.39, 0.29) is 11.5 Å². The average Bonchev–Trinajstić information content (AvgIpc) is 2.95. The zero-order valence-corrected chi connectivity index (χ0v) is 16.4. The Labute approximate surface area is 171 Å². The van der Waals surface area contributed by atoms with Crippen LogP contribution in [0.4, 0.5) is 29.5 Å². The van der Waals surface area contributed by atoms with Gasteiger partial charge in [0.25, 0.3) is 0 Å². The number of hydrogen-bond donors (Lipinski definition) is 2. The summed E-state index contributed by atoms with van der Waals surface area (Å²) in [6.45, 7) is 0.384. The van der Waals surface area contributed by atoms with Gasteiger partial charge in [0.05, 0.1) is 16.6 Å². The molecule has 0 fully saturated rings. The number of carbonyl (C=O) groups is 1. The highest BCUT2D eigenvalue weighted by Gasteiger charge is 2.30. The van der Waals surface area contributed by atoms with Gasteiger partial charge >= 0.3 is 12.2 Å². The third kappa shape index (κ3) is 5.05. The van der Waals surface area contributed by atoms with E-state index in [0.717, 1.165) is 17.7 Å². The number of benzene rings is 2. The maximum Gasteiger partial charge on any atom is 0.416 e. The lowest BCUT2D eigenvalue weighted by Gasteiger charge is -2.10. The molecule has 0 atom stereocenters. The molecule has 3 aromatic rings. The number of hydrogen-bond acceptors (Lipinski definition) is 2. The number of halogens is 5. The second kappa shape index (κ2) is 8.24. The van der Waals surface area contributed by atoms with E-state index in [9.17, 15) is 18.0 Å². The van der Waals surface area contributed by atoms with Gasteiger partial charge in [0.1, 0.15) is 0 Å². The number of amides is 2. The van der Waals surface area contributed by atoms with Crippen LogP contribution in [0.5, 0.6) is 0 Å². The predicted molar refractivity (Wildman–Crippen MR) is 105 cm³/mol. The first-order chi connectivity index (χ1) is 13.2. The first-order valence-electron chi connectivity index (χ1n) is 7.94. The fourth-order valence-electron chi connectivity index (χ4n) is 2.41. The van der Waals surface area contributed by atoms with Crippen molar-refractivity contribution >= 4 is 45.1 Å². The number of urea groups is 1. The lowest BCUT2D eigenvalue weighted by atomic mass is 10.2. The Kier molecular flexibility index (Phi) is 5.95. The van der Waals surface area contributed by atoms with Crippen molar-refractivity contribution in [2.75, 3.05) is 10.6 Å². The van der Waals surface area contributed by atoms with Crippen LogP contribution in [-0.2, 0) is 12.7 Å². The molecule has 0 radical (unpaired) electrons. The molecule has 0 unspecified atom stereocenters. The second-order valence-corrected chi connectivity index (χ2v) is 7.03. The number of nitrogens with zero attached hydrogens (tertiary/aromatic N) is 2.